The molecule has 0 aromatic heterocycles. The smallest absolute Gasteiger partial charge is 0.0406 e. The van der Waals surface area contributed by atoms with Gasteiger partial charge in [-0.15, -0.1) is 11.8 Å². The lowest BCUT2D eigenvalue weighted by molar-refractivity contribution is 0.522. The van der Waals surface area contributed by atoms with Crippen molar-refractivity contribution >= 4 is 23.4 Å². The van der Waals surface area contributed by atoms with E-state index in [2.05, 4.69) is 12.1 Å². The molecule has 1 aliphatic carbocycles. The maximum absolute atomic E-state index is 5.79. The minimum absolute atomic E-state index is 0.827. The van der Waals surface area contributed by atoms with Crippen LogP contribution in [0.25, 0.3) is 0 Å². The van der Waals surface area contributed by atoms with E-state index in [4.69, 9.17) is 11.6 Å². The second kappa shape index (κ2) is 3.71. The van der Waals surface area contributed by atoms with E-state index < -0.39 is 0 Å². The Hall–Kier alpha value is -0.140. The van der Waals surface area contributed by atoms with Gasteiger partial charge in [-0.1, -0.05) is 18.0 Å². The molecule has 0 N–H and O–H groups in total. The zero-order chi connectivity index (χ0) is 8.39. The lowest BCUT2D eigenvalue weighted by Gasteiger charge is -2.24. The van der Waals surface area contributed by atoms with E-state index in [1.165, 1.54) is 24.2 Å². The largest absolute Gasteiger partial charge is 0.123 e. The molecule has 1 fully saturated rings. The van der Waals surface area contributed by atoms with Crippen molar-refractivity contribution in [2.75, 3.05) is 0 Å². The molecule has 0 nitrogen and oxygen atoms in total. The van der Waals surface area contributed by atoms with Gasteiger partial charge in [0.15, 0.2) is 0 Å². The van der Waals surface area contributed by atoms with E-state index in [0.29, 0.717) is 0 Å². The summed E-state index contributed by atoms with van der Waals surface area (Å²) in [6.07, 6.45) is 4.17. The van der Waals surface area contributed by atoms with Crippen LogP contribution < -0.4 is 0 Å². The molecular formula is C10H11ClS. The fourth-order valence-electron chi connectivity index (χ4n) is 1.19. The topological polar surface area (TPSA) is 0 Å². The van der Waals surface area contributed by atoms with Crippen molar-refractivity contribution < 1.29 is 0 Å². The van der Waals surface area contributed by atoms with Gasteiger partial charge in [0, 0.05) is 15.2 Å². The van der Waals surface area contributed by atoms with Crippen molar-refractivity contribution in [2.45, 2.75) is 29.4 Å². The van der Waals surface area contributed by atoms with Crippen LogP contribution >= 0.6 is 23.4 Å². The summed E-state index contributed by atoms with van der Waals surface area (Å²) in [4.78, 5) is 1.35. The fourth-order valence-corrected chi connectivity index (χ4v) is 2.57. The first-order valence-electron chi connectivity index (χ1n) is 4.27. The highest BCUT2D eigenvalue weighted by molar-refractivity contribution is 8.00. The predicted octanol–water partition coefficient (Wildman–Crippen LogP) is 3.98. The van der Waals surface area contributed by atoms with Crippen LogP contribution in [0.3, 0.4) is 0 Å². The minimum atomic E-state index is 0.827. The fraction of sp³-hybridized carbons (Fsp3) is 0.400. The van der Waals surface area contributed by atoms with Crippen LogP contribution in [-0.2, 0) is 0 Å². The van der Waals surface area contributed by atoms with E-state index in [0.717, 1.165) is 10.3 Å². The maximum Gasteiger partial charge on any atom is 0.0406 e. The highest BCUT2D eigenvalue weighted by atomic mass is 35.5. The van der Waals surface area contributed by atoms with Gasteiger partial charge in [-0.2, -0.15) is 0 Å². The lowest BCUT2D eigenvalue weighted by atomic mass is 10.0. The van der Waals surface area contributed by atoms with E-state index in [1.54, 1.807) is 0 Å². The lowest BCUT2D eigenvalue weighted by Crippen LogP contribution is -2.12. The number of hydrogen-bond donors (Lipinski definition) is 0. The van der Waals surface area contributed by atoms with E-state index in [1.807, 2.05) is 23.9 Å². The molecule has 0 radical (unpaired) electrons. The molecule has 1 aromatic carbocycles. The minimum Gasteiger partial charge on any atom is -0.123 e. The van der Waals surface area contributed by atoms with Crippen LogP contribution in [0.5, 0.6) is 0 Å². The monoisotopic (exact) mass is 198 g/mol. The van der Waals surface area contributed by atoms with E-state index in [9.17, 15) is 0 Å². The molecule has 0 amide bonds. The molecule has 0 bridgehead atoms. The third-order valence-corrected chi connectivity index (χ3v) is 3.77. The standard InChI is InChI=1S/C10H11ClS/c11-8-4-6-10(7-5-8)12-9-2-1-3-9/h4-7,9H,1-3H2. The average molecular weight is 199 g/mol. The summed E-state index contributed by atoms with van der Waals surface area (Å²) >= 11 is 7.77. The molecule has 12 heavy (non-hydrogen) atoms. The van der Waals surface area contributed by atoms with Crippen molar-refractivity contribution in [3.05, 3.63) is 29.3 Å². The SMILES string of the molecule is Clc1ccc(SC2CCC2)cc1. The first-order valence-corrected chi connectivity index (χ1v) is 5.52. The van der Waals surface area contributed by atoms with Crippen LogP contribution in [0.1, 0.15) is 19.3 Å². The molecule has 1 aromatic rings. The van der Waals surface area contributed by atoms with Gasteiger partial charge in [0.25, 0.3) is 0 Å². The van der Waals surface area contributed by atoms with Crippen LogP contribution in [0.15, 0.2) is 29.2 Å². The van der Waals surface area contributed by atoms with Gasteiger partial charge >= 0.3 is 0 Å². The summed E-state index contributed by atoms with van der Waals surface area (Å²) in [7, 11) is 0. The quantitative estimate of drug-likeness (QED) is 0.693. The van der Waals surface area contributed by atoms with Crippen LogP contribution in [0.4, 0.5) is 0 Å². The zero-order valence-corrected chi connectivity index (χ0v) is 8.37. The number of thioether (sulfide) groups is 1. The second-order valence-electron chi connectivity index (χ2n) is 3.12. The Morgan fingerprint density at radius 3 is 2.33 bits per heavy atom. The predicted molar refractivity (Wildman–Crippen MR) is 54.9 cm³/mol. The Labute approximate surface area is 82.3 Å². The average Bonchev–Trinajstić information content (AvgIpc) is 2.00. The Bertz CT molecular complexity index is 251. The van der Waals surface area contributed by atoms with Crippen LogP contribution in [-0.4, -0.2) is 5.25 Å². The van der Waals surface area contributed by atoms with Crippen molar-refractivity contribution in [1.82, 2.24) is 0 Å². The van der Waals surface area contributed by atoms with Crippen LogP contribution in [0, 0.1) is 0 Å². The van der Waals surface area contributed by atoms with E-state index in [-0.39, 0.29) is 0 Å². The maximum atomic E-state index is 5.79. The Kier molecular flexibility index (Phi) is 2.62. The Morgan fingerprint density at radius 2 is 1.83 bits per heavy atom. The van der Waals surface area contributed by atoms with Crippen molar-refractivity contribution in [2.24, 2.45) is 0 Å². The number of hydrogen-bond acceptors (Lipinski definition) is 1. The van der Waals surface area contributed by atoms with E-state index >= 15 is 0 Å². The van der Waals surface area contributed by atoms with Gasteiger partial charge in [0.05, 0.1) is 0 Å². The summed E-state index contributed by atoms with van der Waals surface area (Å²) in [5, 5.41) is 1.69. The van der Waals surface area contributed by atoms with Gasteiger partial charge < -0.3 is 0 Å². The summed E-state index contributed by atoms with van der Waals surface area (Å²) in [5.74, 6) is 0. The van der Waals surface area contributed by atoms with Crippen molar-refractivity contribution in [1.29, 1.82) is 0 Å². The summed E-state index contributed by atoms with van der Waals surface area (Å²) in [6, 6.07) is 8.13. The number of benzene rings is 1. The number of halogens is 1. The summed E-state index contributed by atoms with van der Waals surface area (Å²) in [5.41, 5.74) is 0. The summed E-state index contributed by atoms with van der Waals surface area (Å²) < 4.78 is 0. The molecule has 0 aliphatic heterocycles. The first kappa shape index (κ1) is 8.46. The Morgan fingerprint density at radius 1 is 1.17 bits per heavy atom. The third kappa shape index (κ3) is 1.96. The molecular weight excluding hydrogens is 188 g/mol. The van der Waals surface area contributed by atoms with Crippen LogP contribution in [0.2, 0.25) is 5.02 Å². The molecule has 64 valence electrons. The Balaban J connectivity index is 1.98. The first-order chi connectivity index (χ1) is 5.84. The third-order valence-electron chi connectivity index (χ3n) is 2.17. The highest BCUT2D eigenvalue weighted by Crippen LogP contribution is 2.36. The molecule has 0 spiro atoms. The van der Waals surface area contributed by atoms with Crippen molar-refractivity contribution in [3.63, 3.8) is 0 Å². The van der Waals surface area contributed by atoms with Gasteiger partial charge in [0.1, 0.15) is 0 Å². The normalized spacial score (nSPS) is 17.4. The number of rotatable bonds is 2. The molecule has 2 heteroatoms. The molecule has 0 saturated heterocycles. The zero-order valence-electron chi connectivity index (χ0n) is 6.79. The highest BCUT2D eigenvalue weighted by Gasteiger charge is 2.17. The molecule has 1 saturated carbocycles. The second-order valence-corrected chi connectivity index (χ2v) is 4.93. The van der Waals surface area contributed by atoms with Gasteiger partial charge in [-0.3, -0.25) is 0 Å². The van der Waals surface area contributed by atoms with Crippen molar-refractivity contribution in [3.8, 4) is 0 Å². The molecule has 1 aliphatic rings. The molecule has 2 rings (SSSR count). The van der Waals surface area contributed by atoms with Gasteiger partial charge in [-0.05, 0) is 37.1 Å². The molecule has 0 unspecified atom stereocenters. The molecule has 0 atom stereocenters. The summed E-state index contributed by atoms with van der Waals surface area (Å²) in [6.45, 7) is 0. The van der Waals surface area contributed by atoms with Gasteiger partial charge in [-0.25, -0.2) is 0 Å². The van der Waals surface area contributed by atoms with Gasteiger partial charge in [0.2, 0.25) is 0 Å². The molecule has 0 heterocycles.